The molecule has 0 fully saturated rings. The lowest BCUT2D eigenvalue weighted by Crippen LogP contribution is -2.05. The van der Waals surface area contributed by atoms with Gasteiger partial charge in [0.25, 0.3) is 0 Å². The molecule has 3 aromatic rings. The van der Waals surface area contributed by atoms with Gasteiger partial charge in [0, 0.05) is 0 Å². The molecule has 0 saturated carbocycles. The predicted octanol–water partition coefficient (Wildman–Crippen LogP) is 6.94. The van der Waals surface area contributed by atoms with Gasteiger partial charge < -0.3 is 0 Å². The number of para-hydroxylation sites is 1. The molecule has 0 atom stereocenters. The lowest BCUT2D eigenvalue weighted by atomic mass is 10.1. The number of pyridine rings is 1. The number of aliphatic imine (C=N–C) groups is 2. The van der Waals surface area contributed by atoms with Gasteiger partial charge in [-0.05, 0) is 75.6 Å². The molecule has 0 saturated heterocycles. The van der Waals surface area contributed by atoms with Crippen molar-refractivity contribution in [3.63, 3.8) is 0 Å². The Morgan fingerprint density at radius 3 is 2.07 bits per heavy atom. The van der Waals surface area contributed by atoms with Crippen LogP contribution in [0.4, 0.5) is 11.4 Å². The molecule has 3 nitrogen and oxygen atoms in total. The van der Waals surface area contributed by atoms with Crippen LogP contribution in [-0.4, -0.2) is 16.4 Å². The van der Waals surface area contributed by atoms with Crippen molar-refractivity contribution in [2.24, 2.45) is 9.98 Å². The number of nitrogens with zero attached hydrogens (tertiary/aromatic N) is 3. The van der Waals surface area contributed by atoms with Crippen LogP contribution in [0.2, 0.25) is 5.02 Å². The zero-order valence-electron chi connectivity index (χ0n) is 16.9. The van der Waals surface area contributed by atoms with Gasteiger partial charge in [0.1, 0.15) is 0 Å². The van der Waals surface area contributed by atoms with E-state index >= 15 is 0 Å². The quantitative estimate of drug-likeness (QED) is 0.445. The first kappa shape index (κ1) is 20.0. The second kappa shape index (κ2) is 8.49. The summed E-state index contributed by atoms with van der Waals surface area (Å²) in [4.78, 5) is 14.3. The molecule has 0 bridgehead atoms. The van der Waals surface area contributed by atoms with E-state index in [1.807, 2.05) is 70.2 Å². The molecule has 3 rings (SSSR count). The van der Waals surface area contributed by atoms with Crippen molar-refractivity contribution in [2.75, 3.05) is 0 Å². The molecule has 0 amide bonds. The summed E-state index contributed by atoms with van der Waals surface area (Å²) in [5.74, 6) is 0. The smallest absolute Gasteiger partial charge is 0.0849 e. The maximum Gasteiger partial charge on any atom is 0.0849 e. The van der Waals surface area contributed by atoms with Crippen LogP contribution in [0.1, 0.15) is 41.9 Å². The highest BCUT2D eigenvalue weighted by molar-refractivity contribution is 6.33. The number of rotatable bonds is 4. The fourth-order valence-electron chi connectivity index (χ4n) is 3.04. The average Bonchev–Trinajstić information content (AvgIpc) is 2.66. The minimum Gasteiger partial charge on any atom is -0.251 e. The monoisotopic (exact) mass is 389 g/mol. The van der Waals surface area contributed by atoms with Crippen molar-refractivity contribution in [2.45, 2.75) is 34.6 Å². The summed E-state index contributed by atoms with van der Waals surface area (Å²) in [5, 5.41) is 0.658. The number of aryl methyl sites for hydroxylation is 3. The van der Waals surface area contributed by atoms with E-state index in [0.717, 1.165) is 50.9 Å². The minimum absolute atomic E-state index is 0.658. The molecule has 0 aliphatic rings. The van der Waals surface area contributed by atoms with Crippen molar-refractivity contribution >= 4 is 34.4 Å². The minimum atomic E-state index is 0.658. The Morgan fingerprint density at radius 2 is 1.43 bits per heavy atom. The van der Waals surface area contributed by atoms with Crippen molar-refractivity contribution in [3.05, 3.63) is 87.7 Å². The van der Waals surface area contributed by atoms with Gasteiger partial charge in [0.15, 0.2) is 0 Å². The number of benzene rings is 2. The summed E-state index contributed by atoms with van der Waals surface area (Å²) in [5.41, 5.74) is 8.41. The van der Waals surface area contributed by atoms with Crippen LogP contribution in [0.15, 0.2) is 64.6 Å². The van der Waals surface area contributed by atoms with Crippen LogP contribution in [-0.2, 0) is 0 Å². The maximum absolute atomic E-state index is 6.41. The first-order valence-electron chi connectivity index (χ1n) is 9.26. The molecule has 0 N–H and O–H groups in total. The number of halogens is 1. The fourth-order valence-corrected chi connectivity index (χ4v) is 3.40. The Bertz CT molecular complexity index is 1060. The van der Waals surface area contributed by atoms with E-state index in [1.54, 1.807) is 0 Å². The Kier molecular flexibility index (Phi) is 6.05. The van der Waals surface area contributed by atoms with E-state index in [4.69, 9.17) is 26.6 Å². The summed E-state index contributed by atoms with van der Waals surface area (Å²) in [6.45, 7) is 10.0. The third kappa shape index (κ3) is 4.55. The molecule has 0 aliphatic carbocycles. The zero-order valence-corrected chi connectivity index (χ0v) is 17.7. The summed E-state index contributed by atoms with van der Waals surface area (Å²) in [6, 6.07) is 18.0. The molecule has 28 heavy (non-hydrogen) atoms. The highest BCUT2D eigenvalue weighted by atomic mass is 35.5. The molecule has 2 aromatic carbocycles. The molecule has 0 radical (unpaired) electrons. The second-order valence-corrected chi connectivity index (χ2v) is 7.41. The molecule has 4 heteroatoms. The summed E-state index contributed by atoms with van der Waals surface area (Å²) >= 11 is 6.41. The molecular formula is C24H24ClN3. The van der Waals surface area contributed by atoms with Gasteiger partial charge in [0.05, 0.1) is 39.2 Å². The van der Waals surface area contributed by atoms with Crippen LogP contribution >= 0.6 is 11.6 Å². The normalized spacial score (nSPS) is 12.4. The van der Waals surface area contributed by atoms with Crippen molar-refractivity contribution < 1.29 is 0 Å². The van der Waals surface area contributed by atoms with E-state index < -0.39 is 0 Å². The molecule has 0 aliphatic heterocycles. The zero-order chi connectivity index (χ0) is 20.3. The Morgan fingerprint density at radius 1 is 0.786 bits per heavy atom. The lowest BCUT2D eigenvalue weighted by molar-refractivity contribution is 1.23. The first-order chi connectivity index (χ1) is 13.3. The van der Waals surface area contributed by atoms with Crippen LogP contribution in [0, 0.1) is 20.8 Å². The summed E-state index contributed by atoms with van der Waals surface area (Å²) in [7, 11) is 0. The standard InChI is InChI=1S/C24H24ClN3/c1-15-13-17(3)24(20(25)14-15)27-19(5)23-12-8-11-22(28-23)18(4)26-21-10-7-6-9-16(21)2/h6-14H,1-5H3/b26-18+,27-19+. The van der Waals surface area contributed by atoms with E-state index in [1.165, 1.54) is 0 Å². The number of aromatic nitrogens is 1. The van der Waals surface area contributed by atoms with Crippen LogP contribution in [0.3, 0.4) is 0 Å². The molecule has 1 aromatic heterocycles. The van der Waals surface area contributed by atoms with E-state index in [9.17, 15) is 0 Å². The van der Waals surface area contributed by atoms with Gasteiger partial charge in [-0.3, -0.25) is 4.99 Å². The van der Waals surface area contributed by atoms with Gasteiger partial charge in [-0.2, -0.15) is 0 Å². The Hall–Kier alpha value is -2.78. The first-order valence-corrected chi connectivity index (χ1v) is 9.63. The lowest BCUT2D eigenvalue weighted by Gasteiger charge is -2.08. The largest absolute Gasteiger partial charge is 0.251 e. The predicted molar refractivity (Wildman–Crippen MR) is 120 cm³/mol. The van der Waals surface area contributed by atoms with E-state index in [2.05, 4.69) is 19.1 Å². The highest BCUT2D eigenvalue weighted by Gasteiger charge is 2.08. The molecule has 1 heterocycles. The van der Waals surface area contributed by atoms with Gasteiger partial charge in [0.2, 0.25) is 0 Å². The topological polar surface area (TPSA) is 37.6 Å². The molecule has 0 unspecified atom stereocenters. The summed E-state index contributed by atoms with van der Waals surface area (Å²) < 4.78 is 0. The van der Waals surface area contributed by atoms with Crippen molar-refractivity contribution in [1.29, 1.82) is 0 Å². The molecule has 0 spiro atoms. The SMILES string of the molecule is C/C(=N\c1ccccc1C)c1cccc(/C(C)=N/c2c(C)cc(C)cc2Cl)n1. The second-order valence-electron chi connectivity index (χ2n) is 7.00. The van der Waals surface area contributed by atoms with Crippen LogP contribution in [0.5, 0.6) is 0 Å². The van der Waals surface area contributed by atoms with Crippen molar-refractivity contribution in [1.82, 2.24) is 4.98 Å². The van der Waals surface area contributed by atoms with E-state index in [0.29, 0.717) is 5.02 Å². The third-order valence-corrected chi connectivity index (χ3v) is 4.86. The molecular weight excluding hydrogens is 366 g/mol. The average molecular weight is 390 g/mol. The maximum atomic E-state index is 6.41. The van der Waals surface area contributed by atoms with Crippen molar-refractivity contribution in [3.8, 4) is 0 Å². The third-order valence-electron chi connectivity index (χ3n) is 4.57. The van der Waals surface area contributed by atoms with Crippen LogP contribution in [0.25, 0.3) is 0 Å². The highest BCUT2D eigenvalue weighted by Crippen LogP contribution is 2.30. The number of hydrogen-bond acceptors (Lipinski definition) is 3. The van der Waals surface area contributed by atoms with Gasteiger partial charge in [-0.15, -0.1) is 0 Å². The van der Waals surface area contributed by atoms with Gasteiger partial charge in [-0.25, -0.2) is 9.98 Å². The van der Waals surface area contributed by atoms with Crippen LogP contribution < -0.4 is 0 Å². The van der Waals surface area contributed by atoms with Gasteiger partial charge in [-0.1, -0.05) is 41.9 Å². The summed E-state index contributed by atoms with van der Waals surface area (Å²) in [6.07, 6.45) is 0. The Labute approximate surface area is 171 Å². The Balaban J connectivity index is 1.96. The van der Waals surface area contributed by atoms with E-state index in [-0.39, 0.29) is 0 Å². The van der Waals surface area contributed by atoms with Gasteiger partial charge >= 0.3 is 0 Å². The fraction of sp³-hybridized carbons (Fsp3) is 0.208. The molecule has 142 valence electrons. The number of hydrogen-bond donors (Lipinski definition) is 0.